The van der Waals surface area contributed by atoms with Gasteiger partial charge >= 0.3 is 0 Å². The summed E-state index contributed by atoms with van der Waals surface area (Å²) in [5.41, 5.74) is 0. The predicted octanol–water partition coefficient (Wildman–Crippen LogP) is 1.92. The van der Waals surface area contributed by atoms with E-state index in [1.165, 1.54) is 25.7 Å². The molecule has 0 aromatic heterocycles. The Bertz CT molecular complexity index is 246. The van der Waals surface area contributed by atoms with Gasteiger partial charge in [0.1, 0.15) is 0 Å². The van der Waals surface area contributed by atoms with Crippen LogP contribution in [0.4, 0.5) is 0 Å². The lowest BCUT2D eigenvalue weighted by molar-refractivity contribution is -0.124. The molecule has 0 radical (unpaired) electrons. The van der Waals surface area contributed by atoms with Crippen molar-refractivity contribution >= 4 is 17.7 Å². The summed E-state index contributed by atoms with van der Waals surface area (Å²) in [5.74, 6) is 0.234. The maximum absolute atomic E-state index is 12.0. The van der Waals surface area contributed by atoms with Crippen molar-refractivity contribution in [2.75, 3.05) is 12.8 Å². The van der Waals surface area contributed by atoms with Crippen molar-refractivity contribution in [3.8, 4) is 0 Å². The van der Waals surface area contributed by atoms with Crippen LogP contribution < -0.4 is 10.6 Å². The molecule has 0 bridgehead atoms. The summed E-state index contributed by atoms with van der Waals surface area (Å²) < 4.78 is 0. The van der Waals surface area contributed by atoms with Crippen LogP contribution in [-0.2, 0) is 4.79 Å². The van der Waals surface area contributed by atoms with Gasteiger partial charge in [0.15, 0.2) is 0 Å². The van der Waals surface area contributed by atoms with E-state index in [1.54, 1.807) is 0 Å². The topological polar surface area (TPSA) is 41.1 Å². The molecule has 1 aliphatic carbocycles. The zero-order valence-corrected chi connectivity index (χ0v) is 11.5. The normalized spacial score (nSPS) is 34.3. The van der Waals surface area contributed by atoms with E-state index in [-0.39, 0.29) is 11.9 Å². The average Bonchev–Trinajstić information content (AvgIpc) is 2.40. The minimum Gasteiger partial charge on any atom is -0.352 e. The molecule has 2 rings (SSSR count). The number of nitrogens with one attached hydrogen (secondary N) is 2. The van der Waals surface area contributed by atoms with Crippen molar-refractivity contribution in [3.63, 3.8) is 0 Å². The first-order valence-corrected chi connectivity index (χ1v) is 8.15. The van der Waals surface area contributed by atoms with E-state index in [9.17, 15) is 4.79 Å². The smallest absolute Gasteiger partial charge is 0.237 e. The van der Waals surface area contributed by atoms with Gasteiger partial charge in [-0.25, -0.2) is 0 Å². The molecule has 1 aliphatic heterocycles. The van der Waals surface area contributed by atoms with Crippen LogP contribution >= 0.6 is 11.8 Å². The largest absolute Gasteiger partial charge is 0.352 e. The van der Waals surface area contributed by atoms with E-state index in [2.05, 4.69) is 16.9 Å². The Labute approximate surface area is 108 Å². The van der Waals surface area contributed by atoms with Crippen molar-refractivity contribution in [1.82, 2.24) is 10.6 Å². The zero-order valence-electron chi connectivity index (χ0n) is 10.7. The maximum atomic E-state index is 12.0. The molecular formula is C13H24N2OS. The molecule has 4 heteroatoms. The van der Waals surface area contributed by atoms with E-state index in [0.717, 1.165) is 31.1 Å². The number of thioether (sulfide) groups is 1. The third-order valence-corrected chi connectivity index (χ3v) is 5.12. The fourth-order valence-electron chi connectivity index (χ4n) is 2.82. The van der Waals surface area contributed by atoms with Crippen LogP contribution in [0.15, 0.2) is 0 Å². The van der Waals surface area contributed by atoms with E-state index >= 15 is 0 Å². The van der Waals surface area contributed by atoms with Crippen LogP contribution in [0.1, 0.15) is 44.9 Å². The van der Waals surface area contributed by atoms with Crippen LogP contribution in [0, 0.1) is 0 Å². The van der Waals surface area contributed by atoms with Gasteiger partial charge < -0.3 is 10.6 Å². The first kappa shape index (κ1) is 13.2. The van der Waals surface area contributed by atoms with Gasteiger partial charge in [0.25, 0.3) is 0 Å². The molecule has 3 nitrogen and oxygen atoms in total. The average molecular weight is 256 g/mol. The second-order valence-corrected chi connectivity index (χ2v) is 6.36. The number of amides is 1. The number of hydrogen-bond donors (Lipinski definition) is 2. The molecule has 0 aromatic carbocycles. The number of rotatable bonds is 3. The highest BCUT2D eigenvalue weighted by atomic mass is 32.2. The first-order valence-electron chi connectivity index (χ1n) is 6.86. The van der Waals surface area contributed by atoms with Crippen molar-refractivity contribution in [1.29, 1.82) is 0 Å². The summed E-state index contributed by atoms with van der Waals surface area (Å²) >= 11 is 1.97. The molecule has 0 unspecified atom stereocenters. The molecule has 1 saturated heterocycles. The zero-order chi connectivity index (χ0) is 12.1. The molecule has 2 N–H and O–H groups in total. The molecular weight excluding hydrogens is 232 g/mol. The van der Waals surface area contributed by atoms with E-state index < -0.39 is 0 Å². The number of piperidine rings is 1. The van der Waals surface area contributed by atoms with Crippen molar-refractivity contribution in [2.45, 2.75) is 62.3 Å². The van der Waals surface area contributed by atoms with Crippen molar-refractivity contribution in [3.05, 3.63) is 0 Å². The molecule has 0 aromatic rings. The summed E-state index contributed by atoms with van der Waals surface area (Å²) in [6.07, 6.45) is 10.4. The Morgan fingerprint density at radius 3 is 2.53 bits per heavy atom. The van der Waals surface area contributed by atoms with Gasteiger partial charge in [0, 0.05) is 11.3 Å². The Morgan fingerprint density at radius 2 is 1.94 bits per heavy atom. The highest BCUT2D eigenvalue weighted by Crippen LogP contribution is 2.26. The SMILES string of the molecule is CSC1CCC(NC(=O)[C@H]2CCCCN2)CC1. The van der Waals surface area contributed by atoms with Crippen molar-refractivity contribution in [2.24, 2.45) is 0 Å². The molecule has 0 spiro atoms. The van der Waals surface area contributed by atoms with Gasteiger partial charge in [-0.15, -0.1) is 0 Å². The summed E-state index contributed by atoms with van der Waals surface area (Å²) in [6.45, 7) is 0.997. The highest BCUT2D eigenvalue weighted by molar-refractivity contribution is 7.99. The Morgan fingerprint density at radius 1 is 1.18 bits per heavy atom. The van der Waals surface area contributed by atoms with E-state index in [0.29, 0.717) is 6.04 Å². The van der Waals surface area contributed by atoms with E-state index in [4.69, 9.17) is 0 Å². The molecule has 98 valence electrons. The summed E-state index contributed by atoms with van der Waals surface area (Å²) in [5, 5.41) is 7.35. The van der Waals surface area contributed by atoms with Gasteiger partial charge in [-0.1, -0.05) is 6.42 Å². The number of hydrogen-bond acceptors (Lipinski definition) is 3. The fraction of sp³-hybridized carbons (Fsp3) is 0.923. The second kappa shape index (κ2) is 6.64. The first-order chi connectivity index (χ1) is 8.29. The molecule has 1 atom stereocenters. The lowest BCUT2D eigenvalue weighted by Gasteiger charge is -2.30. The molecule has 1 saturated carbocycles. The quantitative estimate of drug-likeness (QED) is 0.810. The number of carbonyl (C=O) groups excluding carboxylic acids is 1. The Hall–Kier alpha value is -0.220. The standard InChI is InChI=1S/C13H24N2OS/c1-17-11-7-5-10(6-8-11)15-13(16)12-4-2-3-9-14-12/h10-12,14H,2-9H2,1H3,(H,15,16)/t10?,11?,12-/m1/s1. The Kier molecular flexibility index (Phi) is 5.16. The Balaban J connectivity index is 1.71. The summed E-state index contributed by atoms with van der Waals surface area (Å²) in [6, 6.07) is 0.497. The van der Waals surface area contributed by atoms with Gasteiger partial charge in [0.05, 0.1) is 6.04 Å². The van der Waals surface area contributed by atoms with Crippen LogP contribution in [0.3, 0.4) is 0 Å². The molecule has 1 heterocycles. The monoisotopic (exact) mass is 256 g/mol. The van der Waals surface area contributed by atoms with Gasteiger partial charge in [-0.3, -0.25) is 4.79 Å². The summed E-state index contributed by atoms with van der Waals surface area (Å²) in [7, 11) is 0. The maximum Gasteiger partial charge on any atom is 0.237 e. The molecule has 2 fully saturated rings. The summed E-state index contributed by atoms with van der Waals surface area (Å²) in [4.78, 5) is 12.0. The number of carbonyl (C=O) groups is 1. The van der Waals surface area contributed by atoms with Crippen molar-refractivity contribution < 1.29 is 4.79 Å². The third-order valence-electron chi connectivity index (χ3n) is 3.98. The molecule has 2 aliphatic rings. The van der Waals surface area contributed by atoms with Crippen LogP contribution in [-0.4, -0.2) is 36.0 Å². The fourth-order valence-corrected chi connectivity index (χ4v) is 3.56. The van der Waals surface area contributed by atoms with Gasteiger partial charge in [-0.2, -0.15) is 11.8 Å². The van der Waals surface area contributed by atoms with Crippen LogP contribution in [0.2, 0.25) is 0 Å². The third kappa shape index (κ3) is 3.88. The molecule has 1 amide bonds. The van der Waals surface area contributed by atoms with Gasteiger partial charge in [-0.05, 0) is 51.3 Å². The minimum absolute atomic E-state index is 0.0713. The predicted molar refractivity (Wildman–Crippen MR) is 73.3 cm³/mol. The van der Waals surface area contributed by atoms with Gasteiger partial charge in [0.2, 0.25) is 5.91 Å². The molecule has 17 heavy (non-hydrogen) atoms. The highest BCUT2D eigenvalue weighted by Gasteiger charge is 2.25. The lowest BCUT2D eigenvalue weighted by Crippen LogP contribution is -2.50. The minimum atomic E-state index is 0.0713. The van der Waals surface area contributed by atoms with E-state index in [1.807, 2.05) is 11.8 Å². The second-order valence-electron chi connectivity index (χ2n) is 5.22. The van der Waals surface area contributed by atoms with Crippen LogP contribution in [0.25, 0.3) is 0 Å². The van der Waals surface area contributed by atoms with Crippen LogP contribution in [0.5, 0.6) is 0 Å². The lowest BCUT2D eigenvalue weighted by atomic mass is 9.94.